The lowest BCUT2D eigenvalue weighted by atomic mass is 9.94. The van der Waals surface area contributed by atoms with E-state index >= 15 is 0 Å². The van der Waals surface area contributed by atoms with Gasteiger partial charge < -0.3 is 5.32 Å². The molecule has 0 aromatic heterocycles. The van der Waals surface area contributed by atoms with Crippen LogP contribution in [-0.2, 0) is 16.4 Å². The van der Waals surface area contributed by atoms with Crippen LogP contribution in [0, 0.1) is 6.92 Å². The Morgan fingerprint density at radius 3 is 2.07 bits per heavy atom. The first-order valence-corrected chi connectivity index (χ1v) is 11.2. The molecule has 0 aliphatic carbocycles. The molecule has 0 heterocycles. The fraction of sp³-hybridized carbons (Fsp3) is 0.208. The van der Waals surface area contributed by atoms with Gasteiger partial charge in [0, 0.05) is 16.8 Å². The van der Waals surface area contributed by atoms with Crippen LogP contribution in [0.2, 0.25) is 0 Å². The SMILES string of the molecule is Cc1ccc(S(=O)(=O)Nc2ccc(C(=O)NC(C)(C)Cc3ccccc3)cc2)cc1. The number of aryl methyl sites for hydroxylation is 1. The second kappa shape index (κ2) is 8.71. The molecule has 0 aliphatic heterocycles. The van der Waals surface area contributed by atoms with Crippen molar-refractivity contribution in [2.75, 3.05) is 4.72 Å². The van der Waals surface area contributed by atoms with E-state index in [-0.39, 0.29) is 10.8 Å². The molecule has 0 atom stereocenters. The van der Waals surface area contributed by atoms with Crippen molar-refractivity contribution in [2.45, 2.75) is 37.6 Å². The minimum Gasteiger partial charge on any atom is -0.347 e. The summed E-state index contributed by atoms with van der Waals surface area (Å²) < 4.78 is 27.5. The number of anilines is 1. The first kappa shape index (κ1) is 21.6. The Kier molecular flexibility index (Phi) is 6.27. The average molecular weight is 423 g/mol. The summed E-state index contributed by atoms with van der Waals surface area (Å²) in [7, 11) is -3.68. The summed E-state index contributed by atoms with van der Waals surface area (Å²) in [5, 5.41) is 3.04. The Labute approximate surface area is 178 Å². The molecule has 0 unspecified atom stereocenters. The molecular formula is C24H26N2O3S. The molecule has 30 heavy (non-hydrogen) atoms. The summed E-state index contributed by atoms with van der Waals surface area (Å²) in [5.41, 5.74) is 2.57. The Bertz CT molecular complexity index is 1110. The predicted octanol–water partition coefficient (Wildman–Crippen LogP) is 4.55. The van der Waals surface area contributed by atoms with Gasteiger partial charge in [0.1, 0.15) is 0 Å². The van der Waals surface area contributed by atoms with Gasteiger partial charge in [0.2, 0.25) is 0 Å². The fourth-order valence-electron chi connectivity index (χ4n) is 3.15. The second-order valence-electron chi connectivity index (χ2n) is 8.00. The lowest BCUT2D eigenvalue weighted by molar-refractivity contribution is 0.0913. The van der Waals surface area contributed by atoms with Crippen LogP contribution in [0.25, 0.3) is 0 Å². The molecule has 0 aliphatic rings. The topological polar surface area (TPSA) is 75.3 Å². The van der Waals surface area contributed by atoms with Gasteiger partial charge in [0.05, 0.1) is 4.90 Å². The molecule has 3 aromatic rings. The standard InChI is InChI=1S/C24H26N2O3S/c1-18-9-15-22(16-10-18)30(28,29)26-21-13-11-20(12-14-21)23(27)25-24(2,3)17-19-7-5-4-6-8-19/h4-16,26H,17H2,1-3H3,(H,25,27). The van der Waals surface area contributed by atoms with Gasteiger partial charge in [-0.05, 0) is 69.2 Å². The minimum atomic E-state index is -3.68. The summed E-state index contributed by atoms with van der Waals surface area (Å²) in [5.74, 6) is -0.205. The first-order chi connectivity index (χ1) is 14.1. The van der Waals surface area contributed by atoms with E-state index in [2.05, 4.69) is 10.0 Å². The van der Waals surface area contributed by atoms with E-state index in [9.17, 15) is 13.2 Å². The fourth-order valence-corrected chi connectivity index (χ4v) is 4.21. The Hall–Kier alpha value is -3.12. The number of amides is 1. The molecule has 2 N–H and O–H groups in total. The molecular weight excluding hydrogens is 396 g/mol. The van der Waals surface area contributed by atoms with Gasteiger partial charge in [-0.2, -0.15) is 0 Å². The molecule has 0 saturated heterocycles. The van der Waals surface area contributed by atoms with Crippen molar-refractivity contribution in [3.63, 3.8) is 0 Å². The largest absolute Gasteiger partial charge is 0.347 e. The van der Waals surface area contributed by atoms with Gasteiger partial charge in [-0.1, -0.05) is 48.0 Å². The molecule has 6 heteroatoms. The molecule has 156 valence electrons. The Morgan fingerprint density at radius 2 is 1.47 bits per heavy atom. The maximum atomic E-state index is 12.7. The average Bonchev–Trinajstić information content (AvgIpc) is 2.68. The third kappa shape index (κ3) is 5.70. The van der Waals surface area contributed by atoms with Gasteiger partial charge in [-0.3, -0.25) is 9.52 Å². The van der Waals surface area contributed by atoms with Crippen LogP contribution in [0.4, 0.5) is 5.69 Å². The predicted molar refractivity (Wildman–Crippen MR) is 120 cm³/mol. The van der Waals surface area contributed by atoms with E-state index in [0.717, 1.165) is 11.1 Å². The number of sulfonamides is 1. The molecule has 3 aromatic carbocycles. The maximum Gasteiger partial charge on any atom is 0.261 e. The van der Waals surface area contributed by atoms with Gasteiger partial charge in [0.25, 0.3) is 15.9 Å². The van der Waals surface area contributed by atoms with Crippen molar-refractivity contribution in [3.05, 3.63) is 95.6 Å². The number of hydrogen-bond acceptors (Lipinski definition) is 3. The highest BCUT2D eigenvalue weighted by Crippen LogP contribution is 2.18. The molecule has 3 rings (SSSR count). The van der Waals surface area contributed by atoms with Gasteiger partial charge >= 0.3 is 0 Å². The molecule has 0 saturated carbocycles. The number of benzene rings is 3. The summed E-state index contributed by atoms with van der Waals surface area (Å²) in [6.45, 7) is 5.85. The smallest absolute Gasteiger partial charge is 0.261 e. The zero-order valence-corrected chi connectivity index (χ0v) is 18.2. The monoisotopic (exact) mass is 422 g/mol. The van der Waals surface area contributed by atoms with Crippen LogP contribution in [0.1, 0.15) is 35.3 Å². The van der Waals surface area contributed by atoms with E-state index < -0.39 is 15.6 Å². The Morgan fingerprint density at radius 1 is 0.867 bits per heavy atom. The summed E-state index contributed by atoms with van der Waals surface area (Å²) in [6.07, 6.45) is 0.702. The lowest BCUT2D eigenvalue weighted by Gasteiger charge is -2.26. The van der Waals surface area contributed by atoms with Crippen LogP contribution in [-0.4, -0.2) is 19.9 Å². The van der Waals surface area contributed by atoms with Crippen molar-refractivity contribution >= 4 is 21.6 Å². The highest BCUT2D eigenvalue weighted by Gasteiger charge is 2.22. The third-order valence-electron chi connectivity index (χ3n) is 4.67. The summed E-state index contributed by atoms with van der Waals surface area (Å²) >= 11 is 0. The molecule has 1 amide bonds. The van der Waals surface area contributed by atoms with Gasteiger partial charge in [-0.15, -0.1) is 0 Å². The van der Waals surface area contributed by atoms with Gasteiger partial charge in [-0.25, -0.2) is 8.42 Å². The van der Waals surface area contributed by atoms with Crippen LogP contribution >= 0.6 is 0 Å². The number of nitrogens with one attached hydrogen (secondary N) is 2. The number of carbonyl (C=O) groups excluding carboxylic acids is 1. The van der Waals surface area contributed by atoms with Gasteiger partial charge in [0.15, 0.2) is 0 Å². The summed E-state index contributed by atoms with van der Waals surface area (Å²) in [6, 6.07) is 23.0. The number of rotatable bonds is 7. The summed E-state index contributed by atoms with van der Waals surface area (Å²) in [4.78, 5) is 12.8. The highest BCUT2D eigenvalue weighted by molar-refractivity contribution is 7.92. The second-order valence-corrected chi connectivity index (χ2v) is 9.68. The van der Waals surface area contributed by atoms with Crippen molar-refractivity contribution in [3.8, 4) is 0 Å². The van der Waals surface area contributed by atoms with Crippen LogP contribution in [0.15, 0.2) is 83.8 Å². The van der Waals surface area contributed by atoms with Crippen molar-refractivity contribution in [1.29, 1.82) is 0 Å². The van der Waals surface area contributed by atoms with E-state index in [1.165, 1.54) is 0 Å². The quantitative estimate of drug-likeness (QED) is 0.587. The van der Waals surface area contributed by atoms with Crippen molar-refractivity contribution in [1.82, 2.24) is 5.32 Å². The molecule has 0 spiro atoms. The minimum absolute atomic E-state index is 0.192. The normalized spacial score (nSPS) is 11.7. The molecule has 0 fully saturated rings. The van der Waals surface area contributed by atoms with E-state index in [1.807, 2.05) is 51.1 Å². The lowest BCUT2D eigenvalue weighted by Crippen LogP contribution is -2.45. The first-order valence-electron chi connectivity index (χ1n) is 9.71. The van der Waals surface area contributed by atoms with Crippen LogP contribution in [0.5, 0.6) is 0 Å². The molecule has 5 nitrogen and oxygen atoms in total. The number of hydrogen-bond donors (Lipinski definition) is 2. The van der Waals surface area contributed by atoms with Crippen LogP contribution < -0.4 is 10.0 Å². The van der Waals surface area contributed by atoms with Crippen molar-refractivity contribution in [2.24, 2.45) is 0 Å². The highest BCUT2D eigenvalue weighted by atomic mass is 32.2. The zero-order chi connectivity index (χ0) is 21.8. The van der Waals surface area contributed by atoms with E-state index in [1.54, 1.807) is 48.5 Å². The van der Waals surface area contributed by atoms with Crippen molar-refractivity contribution < 1.29 is 13.2 Å². The zero-order valence-electron chi connectivity index (χ0n) is 17.3. The Balaban J connectivity index is 1.66. The van der Waals surface area contributed by atoms with E-state index in [4.69, 9.17) is 0 Å². The van der Waals surface area contributed by atoms with Crippen LogP contribution in [0.3, 0.4) is 0 Å². The number of carbonyl (C=O) groups is 1. The third-order valence-corrected chi connectivity index (χ3v) is 6.07. The molecule has 0 radical (unpaired) electrons. The molecule has 0 bridgehead atoms. The van der Waals surface area contributed by atoms with E-state index in [0.29, 0.717) is 17.7 Å². The maximum absolute atomic E-state index is 12.7.